The van der Waals surface area contributed by atoms with Gasteiger partial charge < -0.3 is 0 Å². The van der Waals surface area contributed by atoms with Crippen molar-refractivity contribution in [2.45, 2.75) is 19.4 Å². The second kappa shape index (κ2) is 4.31. The molecule has 0 saturated heterocycles. The molecule has 3 nitrogen and oxygen atoms in total. The van der Waals surface area contributed by atoms with Crippen molar-refractivity contribution in [3.8, 4) is 0 Å². The third-order valence-corrected chi connectivity index (χ3v) is 2.60. The van der Waals surface area contributed by atoms with E-state index in [1.165, 1.54) is 6.26 Å². The highest BCUT2D eigenvalue weighted by molar-refractivity contribution is 9.09. The summed E-state index contributed by atoms with van der Waals surface area (Å²) in [6.07, 6.45) is 1.97. The number of halogens is 1. The van der Waals surface area contributed by atoms with Gasteiger partial charge in [0.1, 0.15) is 0 Å². The Morgan fingerprint density at radius 3 is 2.20 bits per heavy atom. The molecule has 0 spiro atoms. The molecule has 0 aliphatic rings. The first-order valence-corrected chi connectivity index (χ1v) is 6.04. The molecule has 0 amide bonds. The van der Waals surface area contributed by atoms with Crippen molar-refractivity contribution in [1.82, 2.24) is 4.72 Å². The van der Waals surface area contributed by atoms with Crippen molar-refractivity contribution in [1.29, 1.82) is 0 Å². The lowest BCUT2D eigenvalue weighted by molar-refractivity contribution is 0.565. The first kappa shape index (κ1) is 10.4. The van der Waals surface area contributed by atoms with Gasteiger partial charge in [0.15, 0.2) is 0 Å². The Morgan fingerprint density at radius 1 is 1.60 bits per heavy atom. The number of hydrogen-bond acceptors (Lipinski definition) is 2. The summed E-state index contributed by atoms with van der Waals surface area (Å²) >= 11 is 3.20. The van der Waals surface area contributed by atoms with E-state index in [1.807, 2.05) is 6.92 Å². The van der Waals surface area contributed by atoms with Crippen LogP contribution in [0.5, 0.6) is 0 Å². The summed E-state index contributed by atoms with van der Waals surface area (Å²) < 4.78 is 23.7. The fourth-order valence-electron chi connectivity index (χ4n) is 0.527. The van der Waals surface area contributed by atoms with Gasteiger partial charge in [-0.15, -0.1) is 0 Å². The van der Waals surface area contributed by atoms with Crippen LogP contribution >= 0.6 is 15.9 Å². The normalized spacial score (nSPS) is 15.1. The number of rotatable bonds is 4. The van der Waals surface area contributed by atoms with Gasteiger partial charge in [0.05, 0.1) is 6.26 Å². The van der Waals surface area contributed by atoms with E-state index in [4.69, 9.17) is 0 Å². The van der Waals surface area contributed by atoms with Gasteiger partial charge in [-0.05, 0) is 6.42 Å². The largest absolute Gasteiger partial charge is 0.213 e. The van der Waals surface area contributed by atoms with Crippen LogP contribution in [-0.4, -0.2) is 26.0 Å². The Kier molecular flexibility index (Phi) is 4.47. The molecule has 1 unspecified atom stereocenters. The molecule has 10 heavy (non-hydrogen) atoms. The van der Waals surface area contributed by atoms with E-state index in [0.29, 0.717) is 5.33 Å². The molecular formula is C5H12BrNO2S. The minimum Gasteiger partial charge on any atom is -0.213 e. The summed E-state index contributed by atoms with van der Waals surface area (Å²) in [4.78, 5) is 0. The van der Waals surface area contributed by atoms with E-state index in [2.05, 4.69) is 20.7 Å². The van der Waals surface area contributed by atoms with Gasteiger partial charge in [-0.3, -0.25) is 0 Å². The molecule has 0 aliphatic carbocycles. The molecule has 0 radical (unpaired) electrons. The highest BCUT2D eigenvalue weighted by atomic mass is 79.9. The topological polar surface area (TPSA) is 46.2 Å². The predicted octanol–water partition coefficient (Wildman–Crippen LogP) is 0.709. The third-order valence-electron chi connectivity index (χ3n) is 1.06. The van der Waals surface area contributed by atoms with Crippen molar-refractivity contribution in [2.24, 2.45) is 0 Å². The van der Waals surface area contributed by atoms with Crippen LogP contribution < -0.4 is 4.72 Å². The zero-order valence-corrected chi connectivity index (χ0v) is 8.50. The summed E-state index contributed by atoms with van der Waals surface area (Å²) in [5, 5.41) is 0.663. The standard InChI is InChI=1S/C5H12BrNO2S/c1-3-5(4-6)7-10(2,8)9/h5,7H,3-4H2,1-2H3. The fraction of sp³-hybridized carbons (Fsp3) is 1.00. The van der Waals surface area contributed by atoms with E-state index < -0.39 is 10.0 Å². The average molecular weight is 230 g/mol. The summed E-state index contributed by atoms with van der Waals surface area (Å²) in [6.45, 7) is 1.93. The predicted molar refractivity (Wildman–Crippen MR) is 45.9 cm³/mol. The van der Waals surface area contributed by atoms with Crippen LogP contribution in [0.2, 0.25) is 0 Å². The van der Waals surface area contributed by atoms with E-state index in [-0.39, 0.29) is 6.04 Å². The van der Waals surface area contributed by atoms with Crippen molar-refractivity contribution >= 4 is 26.0 Å². The number of hydrogen-bond donors (Lipinski definition) is 1. The molecular weight excluding hydrogens is 218 g/mol. The molecule has 1 N–H and O–H groups in total. The van der Waals surface area contributed by atoms with E-state index in [9.17, 15) is 8.42 Å². The van der Waals surface area contributed by atoms with Crippen LogP contribution in [0.4, 0.5) is 0 Å². The number of alkyl halides is 1. The number of sulfonamides is 1. The van der Waals surface area contributed by atoms with Crippen molar-refractivity contribution in [3.05, 3.63) is 0 Å². The first-order chi connectivity index (χ1) is 4.49. The SMILES string of the molecule is CCC(CBr)NS(C)(=O)=O. The summed E-state index contributed by atoms with van der Waals surface area (Å²) in [6, 6.07) is 0.0231. The Labute approximate surface area is 70.4 Å². The van der Waals surface area contributed by atoms with Crippen LogP contribution in [0.15, 0.2) is 0 Å². The zero-order chi connectivity index (χ0) is 8.20. The van der Waals surface area contributed by atoms with Crippen LogP contribution in [0, 0.1) is 0 Å². The lowest BCUT2D eigenvalue weighted by Gasteiger charge is -2.10. The minimum atomic E-state index is -3.03. The van der Waals surface area contributed by atoms with Gasteiger partial charge in [0, 0.05) is 11.4 Å². The molecule has 0 aliphatic heterocycles. The highest BCUT2D eigenvalue weighted by Crippen LogP contribution is 1.96. The maximum Gasteiger partial charge on any atom is 0.208 e. The molecule has 0 aromatic carbocycles. The highest BCUT2D eigenvalue weighted by Gasteiger charge is 2.08. The number of nitrogens with one attached hydrogen (secondary N) is 1. The van der Waals surface area contributed by atoms with Crippen LogP contribution in [0.3, 0.4) is 0 Å². The summed E-state index contributed by atoms with van der Waals surface area (Å²) in [5.74, 6) is 0. The lowest BCUT2D eigenvalue weighted by Crippen LogP contribution is -2.34. The monoisotopic (exact) mass is 229 g/mol. The van der Waals surface area contributed by atoms with E-state index in [1.54, 1.807) is 0 Å². The second-order valence-corrected chi connectivity index (χ2v) is 4.58. The molecule has 0 bridgehead atoms. The van der Waals surface area contributed by atoms with Gasteiger partial charge in [0.2, 0.25) is 10.0 Å². The molecule has 0 rings (SSSR count). The summed E-state index contributed by atoms with van der Waals surface area (Å²) in [7, 11) is -3.03. The fourth-order valence-corrected chi connectivity index (χ4v) is 2.22. The molecule has 0 aromatic rings. The molecule has 62 valence electrons. The molecule has 1 atom stereocenters. The first-order valence-electron chi connectivity index (χ1n) is 3.03. The minimum absolute atomic E-state index is 0.0231. The van der Waals surface area contributed by atoms with Gasteiger partial charge in [-0.25, -0.2) is 13.1 Å². The maximum atomic E-state index is 10.6. The van der Waals surface area contributed by atoms with Crippen LogP contribution in [0.1, 0.15) is 13.3 Å². The molecule has 0 heterocycles. The van der Waals surface area contributed by atoms with Gasteiger partial charge in [0.25, 0.3) is 0 Å². The third kappa shape index (κ3) is 5.20. The lowest BCUT2D eigenvalue weighted by atomic mass is 10.3. The van der Waals surface area contributed by atoms with Gasteiger partial charge in [-0.1, -0.05) is 22.9 Å². The van der Waals surface area contributed by atoms with Gasteiger partial charge in [-0.2, -0.15) is 0 Å². The molecule has 5 heteroatoms. The van der Waals surface area contributed by atoms with Crippen LogP contribution in [0.25, 0.3) is 0 Å². The van der Waals surface area contributed by atoms with Gasteiger partial charge >= 0.3 is 0 Å². The van der Waals surface area contributed by atoms with E-state index in [0.717, 1.165) is 6.42 Å². The Balaban J connectivity index is 3.87. The Bertz CT molecular complexity index is 174. The zero-order valence-electron chi connectivity index (χ0n) is 6.09. The van der Waals surface area contributed by atoms with Crippen molar-refractivity contribution < 1.29 is 8.42 Å². The van der Waals surface area contributed by atoms with Crippen molar-refractivity contribution in [3.63, 3.8) is 0 Å². The average Bonchev–Trinajstić information content (AvgIpc) is 1.81. The Hall–Kier alpha value is 0.390. The summed E-state index contributed by atoms with van der Waals surface area (Å²) in [5.41, 5.74) is 0. The molecule has 0 fully saturated rings. The maximum absolute atomic E-state index is 10.6. The van der Waals surface area contributed by atoms with Crippen molar-refractivity contribution in [2.75, 3.05) is 11.6 Å². The van der Waals surface area contributed by atoms with Crippen LogP contribution in [-0.2, 0) is 10.0 Å². The smallest absolute Gasteiger partial charge is 0.208 e. The molecule has 0 aromatic heterocycles. The van der Waals surface area contributed by atoms with E-state index >= 15 is 0 Å². The second-order valence-electron chi connectivity index (χ2n) is 2.15. The quantitative estimate of drug-likeness (QED) is 0.723. The molecule has 0 saturated carbocycles. The Morgan fingerprint density at radius 2 is 2.10 bits per heavy atom.